The lowest BCUT2D eigenvalue weighted by Gasteiger charge is -2.06. The first-order chi connectivity index (χ1) is 11.2. The van der Waals surface area contributed by atoms with Gasteiger partial charge in [0.1, 0.15) is 5.75 Å². The molecular formula is C19H19BrN2O. The third-order valence-corrected chi connectivity index (χ3v) is 4.41. The van der Waals surface area contributed by atoms with Gasteiger partial charge in [0.25, 0.3) is 0 Å². The monoisotopic (exact) mass is 370 g/mol. The van der Waals surface area contributed by atoms with E-state index >= 15 is 0 Å². The second-order valence-corrected chi connectivity index (χ2v) is 6.09. The predicted molar refractivity (Wildman–Crippen MR) is 97.1 cm³/mol. The van der Waals surface area contributed by atoms with E-state index in [9.17, 15) is 0 Å². The van der Waals surface area contributed by atoms with Crippen LogP contribution < -0.4 is 4.74 Å². The fourth-order valence-corrected chi connectivity index (χ4v) is 2.92. The van der Waals surface area contributed by atoms with E-state index in [1.165, 1.54) is 11.1 Å². The van der Waals surface area contributed by atoms with Gasteiger partial charge in [0.2, 0.25) is 0 Å². The van der Waals surface area contributed by atoms with Crippen molar-refractivity contribution in [2.75, 3.05) is 7.11 Å². The Bertz CT molecular complexity index is 776. The summed E-state index contributed by atoms with van der Waals surface area (Å²) in [6, 6.07) is 18.7. The highest BCUT2D eigenvalue weighted by atomic mass is 79.9. The predicted octanol–water partition coefficient (Wildman–Crippen LogP) is 4.81. The lowest BCUT2D eigenvalue weighted by atomic mass is 10.1. The number of methoxy groups -OCH3 is 1. The van der Waals surface area contributed by atoms with Gasteiger partial charge in [-0.3, -0.25) is 4.68 Å². The Morgan fingerprint density at radius 2 is 1.74 bits per heavy atom. The first kappa shape index (κ1) is 15.8. The molecule has 1 aromatic heterocycles. The summed E-state index contributed by atoms with van der Waals surface area (Å²) >= 11 is 3.56. The van der Waals surface area contributed by atoms with Crippen molar-refractivity contribution in [2.24, 2.45) is 0 Å². The number of hydrogen-bond donors (Lipinski definition) is 0. The molecule has 0 spiro atoms. The van der Waals surface area contributed by atoms with Crippen LogP contribution in [0.4, 0.5) is 0 Å². The Hall–Kier alpha value is -2.07. The quantitative estimate of drug-likeness (QED) is 0.602. The van der Waals surface area contributed by atoms with Gasteiger partial charge < -0.3 is 4.74 Å². The molecule has 0 aliphatic heterocycles. The van der Waals surface area contributed by atoms with Gasteiger partial charge in [-0.1, -0.05) is 57.9 Å². The Labute approximate surface area is 145 Å². The van der Waals surface area contributed by atoms with E-state index in [0.29, 0.717) is 0 Å². The standard InChI is InChI=1S/C19H19BrN2O/c1-14-3-7-16(8-4-14)19-11-17(12-20)22(21-19)13-15-5-9-18(23-2)10-6-15/h3-11H,12-13H2,1-2H3. The Morgan fingerprint density at radius 3 is 2.35 bits per heavy atom. The van der Waals surface area contributed by atoms with Crippen LogP contribution in [0.15, 0.2) is 54.6 Å². The van der Waals surface area contributed by atoms with E-state index in [2.05, 4.69) is 65.3 Å². The summed E-state index contributed by atoms with van der Waals surface area (Å²) in [4.78, 5) is 0. The number of halogens is 1. The zero-order valence-corrected chi connectivity index (χ0v) is 14.9. The summed E-state index contributed by atoms with van der Waals surface area (Å²) < 4.78 is 7.25. The second-order valence-electron chi connectivity index (χ2n) is 5.53. The molecule has 0 N–H and O–H groups in total. The van der Waals surface area contributed by atoms with Crippen molar-refractivity contribution in [1.29, 1.82) is 0 Å². The van der Waals surface area contributed by atoms with Crippen LogP contribution in [0.3, 0.4) is 0 Å². The molecular weight excluding hydrogens is 352 g/mol. The van der Waals surface area contributed by atoms with E-state index in [1.54, 1.807) is 7.11 Å². The van der Waals surface area contributed by atoms with Crippen LogP contribution in [0.1, 0.15) is 16.8 Å². The minimum atomic E-state index is 0.747. The molecule has 118 valence electrons. The van der Waals surface area contributed by atoms with Crippen molar-refractivity contribution in [3.05, 3.63) is 71.4 Å². The number of alkyl halides is 1. The molecule has 0 saturated heterocycles. The third-order valence-electron chi connectivity index (χ3n) is 3.84. The van der Waals surface area contributed by atoms with Gasteiger partial charge in [0.15, 0.2) is 0 Å². The molecule has 0 aliphatic rings. The first-order valence-electron chi connectivity index (χ1n) is 7.52. The maximum absolute atomic E-state index is 5.21. The molecule has 2 aromatic carbocycles. The number of ether oxygens (including phenoxy) is 1. The fraction of sp³-hybridized carbons (Fsp3) is 0.211. The summed E-state index contributed by atoms with van der Waals surface area (Å²) in [7, 11) is 1.68. The number of nitrogens with zero attached hydrogens (tertiary/aromatic N) is 2. The molecule has 0 saturated carbocycles. The number of aryl methyl sites for hydroxylation is 1. The van der Waals surface area contributed by atoms with E-state index in [-0.39, 0.29) is 0 Å². The molecule has 3 rings (SSSR count). The molecule has 0 aliphatic carbocycles. The third kappa shape index (κ3) is 3.64. The van der Waals surface area contributed by atoms with Crippen LogP contribution in [-0.4, -0.2) is 16.9 Å². The number of benzene rings is 2. The minimum Gasteiger partial charge on any atom is -0.497 e. The highest BCUT2D eigenvalue weighted by molar-refractivity contribution is 9.08. The molecule has 3 aromatic rings. The van der Waals surface area contributed by atoms with Crippen LogP contribution in [0.5, 0.6) is 5.75 Å². The summed E-state index contributed by atoms with van der Waals surface area (Å²) in [5, 5.41) is 5.55. The first-order valence-corrected chi connectivity index (χ1v) is 8.64. The van der Waals surface area contributed by atoms with Gasteiger partial charge in [0, 0.05) is 16.6 Å². The zero-order chi connectivity index (χ0) is 16.2. The van der Waals surface area contributed by atoms with Gasteiger partial charge in [0.05, 0.1) is 19.3 Å². The smallest absolute Gasteiger partial charge is 0.118 e. The number of aromatic nitrogens is 2. The van der Waals surface area contributed by atoms with E-state index < -0.39 is 0 Å². The normalized spacial score (nSPS) is 10.7. The molecule has 4 heteroatoms. The highest BCUT2D eigenvalue weighted by Crippen LogP contribution is 2.22. The lowest BCUT2D eigenvalue weighted by molar-refractivity contribution is 0.414. The maximum atomic E-state index is 5.21. The van der Waals surface area contributed by atoms with Gasteiger partial charge in [-0.2, -0.15) is 5.10 Å². The zero-order valence-electron chi connectivity index (χ0n) is 13.3. The van der Waals surface area contributed by atoms with Crippen LogP contribution in [-0.2, 0) is 11.9 Å². The van der Waals surface area contributed by atoms with Crippen LogP contribution >= 0.6 is 15.9 Å². The van der Waals surface area contributed by atoms with Gasteiger partial charge in [-0.05, 0) is 30.7 Å². The maximum Gasteiger partial charge on any atom is 0.118 e. The molecule has 3 nitrogen and oxygen atoms in total. The molecule has 0 bridgehead atoms. The Kier molecular flexibility index (Phi) is 4.82. The molecule has 0 unspecified atom stereocenters. The van der Waals surface area contributed by atoms with Gasteiger partial charge in [-0.15, -0.1) is 0 Å². The summed E-state index contributed by atoms with van der Waals surface area (Å²) in [5.74, 6) is 0.871. The van der Waals surface area contributed by atoms with Gasteiger partial charge >= 0.3 is 0 Å². The SMILES string of the molecule is COc1ccc(Cn2nc(-c3ccc(C)cc3)cc2CBr)cc1. The van der Waals surface area contributed by atoms with Crippen molar-refractivity contribution in [2.45, 2.75) is 18.8 Å². The van der Waals surface area contributed by atoms with Crippen molar-refractivity contribution in [1.82, 2.24) is 9.78 Å². The summed E-state index contributed by atoms with van der Waals surface area (Å²) in [6.45, 7) is 2.84. The van der Waals surface area contributed by atoms with Crippen molar-refractivity contribution in [3.8, 4) is 17.0 Å². The molecule has 23 heavy (non-hydrogen) atoms. The molecule has 0 radical (unpaired) electrons. The minimum absolute atomic E-state index is 0.747. The van der Waals surface area contributed by atoms with Gasteiger partial charge in [-0.25, -0.2) is 0 Å². The van der Waals surface area contributed by atoms with Crippen LogP contribution in [0.2, 0.25) is 0 Å². The largest absolute Gasteiger partial charge is 0.497 e. The van der Waals surface area contributed by atoms with Crippen LogP contribution in [0.25, 0.3) is 11.3 Å². The van der Waals surface area contributed by atoms with Crippen molar-refractivity contribution in [3.63, 3.8) is 0 Å². The average molecular weight is 371 g/mol. The number of rotatable bonds is 5. The molecule has 0 amide bonds. The molecule has 0 fully saturated rings. The highest BCUT2D eigenvalue weighted by Gasteiger charge is 2.09. The van der Waals surface area contributed by atoms with E-state index in [4.69, 9.17) is 9.84 Å². The Morgan fingerprint density at radius 1 is 1.04 bits per heavy atom. The van der Waals surface area contributed by atoms with E-state index in [1.807, 2.05) is 16.8 Å². The van der Waals surface area contributed by atoms with Crippen molar-refractivity contribution < 1.29 is 4.74 Å². The number of hydrogen-bond acceptors (Lipinski definition) is 2. The molecule has 0 atom stereocenters. The lowest BCUT2D eigenvalue weighted by Crippen LogP contribution is -2.05. The Balaban J connectivity index is 1.87. The fourth-order valence-electron chi connectivity index (χ4n) is 2.47. The summed E-state index contributed by atoms with van der Waals surface area (Å²) in [5.41, 5.74) is 5.77. The van der Waals surface area contributed by atoms with Crippen molar-refractivity contribution >= 4 is 15.9 Å². The summed E-state index contributed by atoms with van der Waals surface area (Å²) in [6.07, 6.45) is 0. The topological polar surface area (TPSA) is 27.1 Å². The van der Waals surface area contributed by atoms with Crippen LogP contribution in [0, 0.1) is 6.92 Å². The molecule has 1 heterocycles. The average Bonchev–Trinajstić information content (AvgIpc) is 2.99. The van der Waals surface area contributed by atoms with E-state index in [0.717, 1.165) is 34.6 Å². The second kappa shape index (κ2) is 7.01.